The lowest BCUT2D eigenvalue weighted by Crippen LogP contribution is -2.47. The van der Waals surface area contributed by atoms with E-state index in [1.807, 2.05) is 0 Å². The third kappa shape index (κ3) is 6.17. The van der Waals surface area contributed by atoms with Gasteiger partial charge in [-0.05, 0) is 38.8 Å². The Morgan fingerprint density at radius 3 is 2.78 bits per heavy atom. The number of ether oxygens (including phenoxy) is 1. The molecule has 1 heterocycles. The van der Waals surface area contributed by atoms with Crippen LogP contribution in [0.15, 0.2) is 0 Å². The van der Waals surface area contributed by atoms with Crippen LogP contribution in [0.3, 0.4) is 0 Å². The first-order valence-electron chi connectivity index (χ1n) is 7.87. The molecule has 1 N–H and O–H groups in total. The summed E-state index contributed by atoms with van der Waals surface area (Å²) in [5, 5.41) is 3.61. The fraction of sp³-hybridized carbons (Fsp3) is 1.00. The van der Waals surface area contributed by atoms with Crippen LogP contribution in [-0.2, 0) is 4.74 Å². The number of hydrogen-bond donors (Lipinski definition) is 1. The zero-order valence-corrected chi connectivity index (χ0v) is 12.6. The predicted octanol–water partition coefficient (Wildman–Crippen LogP) is 2.66. The van der Waals surface area contributed by atoms with E-state index >= 15 is 0 Å². The quantitative estimate of drug-likeness (QED) is 0.686. The van der Waals surface area contributed by atoms with Crippen LogP contribution in [-0.4, -0.2) is 49.8 Å². The highest BCUT2D eigenvalue weighted by Crippen LogP contribution is 2.14. The SMILES string of the molecule is CCCOC1CCCN(CC(CCC)NCC)C1. The Balaban J connectivity index is 2.30. The minimum Gasteiger partial charge on any atom is -0.377 e. The van der Waals surface area contributed by atoms with Gasteiger partial charge in [0.25, 0.3) is 0 Å². The number of nitrogens with zero attached hydrogens (tertiary/aromatic N) is 1. The fourth-order valence-electron chi connectivity index (χ4n) is 2.81. The second-order valence-electron chi connectivity index (χ2n) is 5.44. The molecule has 3 nitrogen and oxygen atoms in total. The van der Waals surface area contributed by atoms with Crippen LogP contribution < -0.4 is 5.32 Å². The average Bonchev–Trinajstić information content (AvgIpc) is 2.37. The summed E-state index contributed by atoms with van der Waals surface area (Å²) in [5.41, 5.74) is 0. The summed E-state index contributed by atoms with van der Waals surface area (Å²) in [4.78, 5) is 2.59. The lowest BCUT2D eigenvalue weighted by Gasteiger charge is -2.35. The van der Waals surface area contributed by atoms with Gasteiger partial charge in [0.05, 0.1) is 6.10 Å². The van der Waals surface area contributed by atoms with E-state index in [0.717, 1.165) is 26.1 Å². The lowest BCUT2D eigenvalue weighted by atomic mass is 10.1. The zero-order chi connectivity index (χ0) is 13.2. The zero-order valence-electron chi connectivity index (χ0n) is 12.6. The Morgan fingerprint density at radius 1 is 1.28 bits per heavy atom. The van der Waals surface area contributed by atoms with Gasteiger partial charge in [0.2, 0.25) is 0 Å². The van der Waals surface area contributed by atoms with Gasteiger partial charge in [0, 0.05) is 25.7 Å². The number of rotatable bonds is 9. The Morgan fingerprint density at radius 2 is 2.11 bits per heavy atom. The first kappa shape index (κ1) is 15.9. The number of likely N-dealkylation sites (tertiary alicyclic amines) is 1. The minimum atomic E-state index is 0.475. The minimum absolute atomic E-state index is 0.475. The van der Waals surface area contributed by atoms with Crippen molar-refractivity contribution in [3.63, 3.8) is 0 Å². The highest BCUT2D eigenvalue weighted by molar-refractivity contribution is 4.78. The van der Waals surface area contributed by atoms with Crippen molar-refractivity contribution in [1.29, 1.82) is 0 Å². The normalized spacial score (nSPS) is 23.2. The van der Waals surface area contributed by atoms with E-state index in [9.17, 15) is 0 Å². The Bertz CT molecular complexity index is 193. The van der Waals surface area contributed by atoms with Crippen molar-refractivity contribution in [3.05, 3.63) is 0 Å². The summed E-state index contributed by atoms with van der Waals surface area (Å²) in [6.45, 7) is 12.2. The summed E-state index contributed by atoms with van der Waals surface area (Å²) >= 11 is 0. The van der Waals surface area contributed by atoms with Crippen molar-refractivity contribution in [3.8, 4) is 0 Å². The van der Waals surface area contributed by atoms with E-state index in [1.54, 1.807) is 0 Å². The van der Waals surface area contributed by atoms with Crippen molar-refractivity contribution >= 4 is 0 Å². The molecule has 0 saturated carbocycles. The van der Waals surface area contributed by atoms with Gasteiger partial charge in [-0.15, -0.1) is 0 Å². The summed E-state index contributed by atoms with van der Waals surface area (Å²) in [7, 11) is 0. The van der Waals surface area contributed by atoms with Crippen molar-refractivity contribution in [2.24, 2.45) is 0 Å². The second kappa shape index (κ2) is 9.76. The highest BCUT2D eigenvalue weighted by Gasteiger charge is 2.22. The smallest absolute Gasteiger partial charge is 0.0702 e. The Labute approximate surface area is 113 Å². The molecule has 0 bridgehead atoms. The molecule has 1 aliphatic heterocycles. The molecule has 18 heavy (non-hydrogen) atoms. The molecule has 0 aromatic carbocycles. The molecule has 1 rings (SSSR count). The van der Waals surface area contributed by atoms with Gasteiger partial charge in [-0.25, -0.2) is 0 Å². The van der Waals surface area contributed by atoms with Crippen LogP contribution in [0.4, 0.5) is 0 Å². The van der Waals surface area contributed by atoms with Crippen molar-refractivity contribution in [1.82, 2.24) is 10.2 Å². The van der Waals surface area contributed by atoms with Crippen LogP contribution in [0.5, 0.6) is 0 Å². The summed E-state index contributed by atoms with van der Waals surface area (Å²) in [6.07, 6.45) is 6.69. The molecule has 0 aliphatic carbocycles. The number of likely N-dealkylation sites (N-methyl/N-ethyl adjacent to an activating group) is 1. The third-order valence-electron chi connectivity index (χ3n) is 3.63. The maximum atomic E-state index is 5.90. The van der Waals surface area contributed by atoms with Gasteiger partial charge < -0.3 is 10.1 Å². The summed E-state index contributed by atoms with van der Waals surface area (Å²) < 4.78 is 5.90. The summed E-state index contributed by atoms with van der Waals surface area (Å²) in [6, 6.07) is 0.657. The number of hydrogen-bond acceptors (Lipinski definition) is 3. The Kier molecular flexibility index (Phi) is 8.64. The van der Waals surface area contributed by atoms with Gasteiger partial charge >= 0.3 is 0 Å². The van der Waals surface area contributed by atoms with Gasteiger partial charge in [-0.1, -0.05) is 27.2 Å². The van der Waals surface area contributed by atoms with E-state index in [-0.39, 0.29) is 0 Å². The average molecular weight is 256 g/mol. The van der Waals surface area contributed by atoms with E-state index in [0.29, 0.717) is 12.1 Å². The maximum Gasteiger partial charge on any atom is 0.0702 e. The second-order valence-corrected chi connectivity index (χ2v) is 5.44. The molecule has 108 valence electrons. The third-order valence-corrected chi connectivity index (χ3v) is 3.63. The standard InChI is InChI=1S/C15H32N2O/c1-4-8-14(16-6-3)12-17-10-7-9-15(13-17)18-11-5-2/h14-16H,4-13H2,1-3H3. The van der Waals surface area contributed by atoms with Crippen molar-refractivity contribution in [2.45, 2.75) is 65.0 Å². The van der Waals surface area contributed by atoms with Crippen molar-refractivity contribution in [2.75, 3.05) is 32.8 Å². The van der Waals surface area contributed by atoms with Crippen LogP contribution in [0.25, 0.3) is 0 Å². The van der Waals surface area contributed by atoms with Crippen LogP contribution >= 0.6 is 0 Å². The first-order chi connectivity index (χ1) is 8.80. The molecule has 2 atom stereocenters. The largest absolute Gasteiger partial charge is 0.377 e. The predicted molar refractivity (Wildman–Crippen MR) is 78.1 cm³/mol. The Hall–Kier alpha value is -0.120. The molecule has 3 heteroatoms. The van der Waals surface area contributed by atoms with Crippen LogP contribution in [0.2, 0.25) is 0 Å². The molecule has 0 aromatic rings. The van der Waals surface area contributed by atoms with Crippen molar-refractivity contribution < 1.29 is 4.74 Å². The fourth-order valence-corrected chi connectivity index (χ4v) is 2.81. The highest BCUT2D eigenvalue weighted by atomic mass is 16.5. The lowest BCUT2D eigenvalue weighted by molar-refractivity contribution is -0.00241. The molecule has 0 spiro atoms. The van der Waals surface area contributed by atoms with Crippen LogP contribution in [0.1, 0.15) is 52.9 Å². The maximum absolute atomic E-state index is 5.90. The van der Waals surface area contributed by atoms with Gasteiger partial charge in [0.15, 0.2) is 0 Å². The molecule has 1 aliphatic rings. The molecular formula is C15H32N2O. The first-order valence-corrected chi connectivity index (χ1v) is 7.87. The number of piperidine rings is 1. The molecule has 0 radical (unpaired) electrons. The number of nitrogens with one attached hydrogen (secondary N) is 1. The van der Waals surface area contributed by atoms with E-state index in [2.05, 4.69) is 31.0 Å². The monoisotopic (exact) mass is 256 g/mol. The molecule has 2 unspecified atom stereocenters. The molecule has 0 aromatic heterocycles. The van der Waals surface area contributed by atoms with Gasteiger partial charge in [0.1, 0.15) is 0 Å². The van der Waals surface area contributed by atoms with E-state index in [4.69, 9.17) is 4.74 Å². The molecule has 0 amide bonds. The van der Waals surface area contributed by atoms with Gasteiger partial charge in [-0.2, -0.15) is 0 Å². The molecule has 1 fully saturated rings. The van der Waals surface area contributed by atoms with Gasteiger partial charge in [-0.3, -0.25) is 4.90 Å². The molecular weight excluding hydrogens is 224 g/mol. The van der Waals surface area contributed by atoms with E-state index < -0.39 is 0 Å². The molecule has 1 saturated heterocycles. The topological polar surface area (TPSA) is 24.5 Å². The summed E-state index contributed by atoms with van der Waals surface area (Å²) in [5.74, 6) is 0. The van der Waals surface area contributed by atoms with E-state index in [1.165, 1.54) is 38.8 Å². The van der Waals surface area contributed by atoms with Crippen LogP contribution in [0, 0.1) is 0 Å².